The highest BCUT2D eigenvalue weighted by molar-refractivity contribution is 7.89. The molecule has 0 radical (unpaired) electrons. The molecule has 0 aliphatic rings. The van der Waals surface area contributed by atoms with Gasteiger partial charge in [-0.25, -0.2) is 17.8 Å². The molecule has 0 saturated heterocycles. The average molecular weight is 522 g/mol. The lowest BCUT2D eigenvalue weighted by atomic mass is 9.99. The van der Waals surface area contributed by atoms with E-state index >= 15 is 0 Å². The Morgan fingerprint density at radius 1 is 0.892 bits per heavy atom. The second kappa shape index (κ2) is 12.2. The summed E-state index contributed by atoms with van der Waals surface area (Å²) in [5.41, 5.74) is 3.66. The molecule has 37 heavy (non-hydrogen) atoms. The van der Waals surface area contributed by atoms with Crippen molar-refractivity contribution in [3.63, 3.8) is 0 Å². The highest BCUT2D eigenvalue weighted by atomic mass is 32.2. The standard InChI is InChI=1S/C27H24FN3O4S.CH4/c28-23-11-13-24(14-12-23)36(34,35)31-25(27(32)33)17-19-7-9-21(10-8-19)22-5-3-4-20(16-22)18-30-26-6-1-2-15-29-26;/h1-16,25,31H,17-18H2,(H,29,30)(H,32,33);1H4/t25-;/m0./s1. The molecule has 3 N–H and O–H groups in total. The summed E-state index contributed by atoms with van der Waals surface area (Å²) in [7, 11) is -4.13. The van der Waals surface area contributed by atoms with Gasteiger partial charge in [-0.05, 0) is 71.1 Å². The molecule has 0 spiro atoms. The number of carboxylic acids is 1. The Morgan fingerprint density at radius 2 is 1.62 bits per heavy atom. The van der Waals surface area contributed by atoms with Gasteiger partial charge in [0, 0.05) is 12.7 Å². The summed E-state index contributed by atoms with van der Waals surface area (Å²) in [6.07, 6.45) is 1.67. The number of anilines is 1. The summed E-state index contributed by atoms with van der Waals surface area (Å²) < 4.78 is 40.4. The highest BCUT2D eigenvalue weighted by Crippen LogP contribution is 2.22. The lowest BCUT2D eigenvalue weighted by Gasteiger charge is -2.15. The van der Waals surface area contributed by atoms with E-state index in [1.165, 1.54) is 0 Å². The zero-order chi connectivity index (χ0) is 25.5. The van der Waals surface area contributed by atoms with Gasteiger partial charge in [0.05, 0.1) is 4.90 Å². The molecule has 0 aliphatic heterocycles. The van der Waals surface area contributed by atoms with E-state index in [2.05, 4.69) is 21.1 Å². The minimum atomic E-state index is -4.13. The second-order valence-electron chi connectivity index (χ2n) is 8.14. The van der Waals surface area contributed by atoms with Crippen molar-refractivity contribution in [2.45, 2.75) is 31.3 Å². The Balaban J connectivity index is 0.00000380. The fourth-order valence-corrected chi connectivity index (χ4v) is 4.83. The number of sulfonamides is 1. The van der Waals surface area contributed by atoms with Crippen LogP contribution in [0.15, 0.2) is 102 Å². The van der Waals surface area contributed by atoms with Crippen molar-refractivity contribution in [3.05, 3.63) is 114 Å². The van der Waals surface area contributed by atoms with E-state index in [1.54, 1.807) is 18.3 Å². The van der Waals surface area contributed by atoms with Crippen LogP contribution in [0.4, 0.5) is 10.2 Å². The van der Waals surface area contributed by atoms with Gasteiger partial charge in [0.1, 0.15) is 17.7 Å². The molecule has 1 heterocycles. The first kappa shape index (κ1) is 27.5. The van der Waals surface area contributed by atoms with Crippen molar-refractivity contribution >= 4 is 21.8 Å². The number of hydrogen-bond acceptors (Lipinski definition) is 5. The van der Waals surface area contributed by atoms with Crippen LogP contribution in [-0.4, -0.2) is 30.5 Å². The van der Waals surface area contributed by atoms with Gasteiger partial charge in [0.15, 0.2) is 0 Å². The van der Waals surface area contributed by atoms with Crippen molar-refractivity contribution in [1.29, 1.82) is 0 Å². The van der Waals surface area contributed by atoms with Gasteiger partial charge in [-0.3, -0.25) is 4.79 Å². The number of carboxylic acid groups (broad SMARTS) is 1. The van der Waals surface area contributed by atoms with Gasteiger partial charge >= 0.3 is 5.97 Å². The Bertz CT molecular complexity index is 1430. The fraction of sp³-hybridized carbons (Fsp3) is 0.143. The van der Waals surface area contributed by atoms with Gasteiger partial charge in [-0.2, -0.15) is 4.72 Å². The van der Waals surface area contributed by atoms with Crippen molar-refractivity contribution in [1.82, 2.24) is 9.71 Å². The second-order valence-corrected chi connectivity index (χ2v) is 9.85. The van der Waals surface area contributed by atoms with Gasteiger partial charge < -0.3 is 10.4 Å². The zero-order valence-electron chi connectivity index (χ0n) is 19.1. The van der Waals surface area contributed by atoms with E-state index in [-0.39, 0.29) is 18.7 Å². The summed E-state index contributed by atoms with van der Waals surface area (Å²) in [4.78, 5) is 15.8. The molecule has 9 heteroatoms. The summed E-state index contributed by atoms with van der Waals surface area (Å²) in [6, 6.07) is 23.8. The number of benzene rings is 3. The number of nitrogens with one attached hydrogen (secondary N) is 2. The van der Waals surface area contributed by atoms with Crippen LogP contribution in [-0.2, 0) is 27.8 Å². The van der Waals surface area contributed by atoms with E-state index in [1.807, 2.05) is 48.5 Å². The Kier molecular flexibility index (Phi) is 9.10. The van der Waals surface area contributed by atoms with E-state index in [0.29, 0.717) is 12.1 Å². The van der Waals surface area contributed by atoms with Crippen LogP contribution in [0.5, 0.6) is 0 Å². The summed E-state index contributed by atoms with van der Waals surface area (Å²) >= 11 is 0. The molecule has 192 valence electrons. The molecule has 0 unspecified atom stereocenters. The largest absolute Gasteiger partial charge is 0.480 e. The van der Waals surface area contributed by atoms with Gasteiger partial charge in [-0.15, -0.1) is 0 Å². The monoisotopic (exact) mass is 521 g/mol. The zero-order valence-corrected chi connectivity index (χ0v) is 20.0. The van der Waals surface area contributed by atoms with Crippen LogP contribution < -0.4 is 10.0 Å². The van der Waals surface area contributed by atoms with Crippen LogP contribution >= 0.6 is 0 Å². The Labute approximate surface area is 216 Å². The number of aromatic nitrogens is 1. The maximum atomic E-state index is 13.1. The predicted octanol–water partition coefficient (Wildman–Crippen LogP) is 5.11. The molecular formula is C28H28FN3O4S. The minimum absolute atomic E-state index is 0. The van der Waals surface area contributed by atoms with Crippen LogP contribution in [0.25, 0.3) is 11.1 Å². The summed E-state index contributed by atoms with van der Waals surface area (Å²) in [6.45, 7) is 0.609. The van der Waals surface area contributed by atoms with E-state index in [4.69, 9.17) is 0 Å². The number of hydrogen-bond donors (Lipinski definition) is 3. The minimum Gasteiger partial charge on any atom is -0.480 e. The van der Waals surface area contributed by atoms with E-state index in [9.17, 15) is 22.7 Å². The maximum absolute atomic E-state index is 13.1. The third-order valence-electron chi connectivity index (χ3n) is 5.51. The highest BCUT2D eigenvalue weighted by Gasteiger charge is 2.25. The lowest BCUT2D eigenvalue weighted by molar-refractivity contribution is -0.138. The predicted molar refractivity (Wildman–Crippen MR) is 142 cm³/mol. The number of pyridine rings is 1. The van der Waals surface area contributed by atoms with Crippen LogP contribution in [0, 0.1) is 5.82 Å². The van der Waals surface area contributed by atoms with Crippen LogP contribution in [0.1, 0.15) is 18.6 Å². The fourth-order valence-electron chi connectivity index (χ4n) is 3.64. The van der Waals surface area contributed by atoms with Crippen molar-refractivity contribution in [3.8, 4) is 11.1 Å². The van der Waals surface area contributed by atoms with Gasteiger partial charge in [0.2, 0.25) is 10.0 Å². The number of carbonyl (C=O) groups is 1. The lowest BCUT2D eigenvalue weighted by Crippen LogP contribution is -2.42. The number of halogens is 1. The third-order valence-corrected chi connectivity index (χ3v) is 7.00. The molecule has 0 amide bonds. The average Bonchev–Trinajstić information content (AvgIpc) is 2.88. The summed E-state index contributed by atoms with van der Waals surface area (Å²) in [5, 5.41) is 12.9. The first-order valence-corrected chi connectivity index (χ1v) is 12.6. The molecule has 7 nitrogen and oxygen atoms in total. The van der Waals surface area contributed by atoms with Gasteiger partial charge in [-0.1, -0.05) is 56.0 Å². The molecule has 0 aliphatic carbocycles. The van der Waals surface area contributed by atoms with Crippen LogP contribution in [0.2, 0.25) is 0 Å². The van der Waals surface area contributed by atoms with Gasteiger partial charge in [0.25, 0.3) is 0 Å². The maximum Gasteiger partial charge on any atom is 0.322 e. The quantitative estimate of drug-likeness (QED) is 0.268. The summed E-state index contributed by atoms with van der Waals surface area (Å²) in [5.74, 6) is -1.10. The molecule has 0 fully saturated rings. The molecule has 1 atom stereocenters. The Hall–Kier alpha value is -4.08. The number of aliphatic carboxylic acids is 1. The topological polar surface area (TPSA) is 108 Å². The SMILES string of the molecule is C.O=C(O)[C@H](Cc1ccc(-c2cccc(CNc3ccccn3)c2)cc1)NS(=O)(=O)c1ccc(F)cc1. The smallest absolute Gasteiger partial charge is 0.322 e. The van der Waals surface area contributed by atoms with E-state index in [0.717, 1.165) is 46.8 Å². The van der Waals surface area contributed by atoms with E-state index < -0.39 is 27.9 Å². The van der Waals surface area contributed by atoms with Crippen LogP contribution in [0.3, 0.4) is 0 Å². The molecule has 4 rings (SSSR count). The normalized spacial score (nSPS) is 11.8. The molecule has 4 aromatic rings. The molecule has 3 aromatic carbocycles. The molecular weight excluding hydrogens is 493 g/mol. The third kappa shape index (κ3) is 7.45. The van der Waals surface area contributed by atoms with Crippen molar-refractivity contribution in [2.75, 3.05) is 5.32 Å². The van der Waals surface area contributed by atoms with Crippen molar-refractivity contribution < 1.29 is 22.7 Å². The first-order valence-electron chi connectivity index (χ1n) is 11.1. The Morgan fingerprint density at radius 3 is 2.27 bits per heavy atom. The molecule has 1 aromatic heterocycles. The molecule has 0 saturated carbocycles. The number of nitrogens with zero attached hydrogens (tertiary/aromatic N) is 1. The molecule has 0 bridgehead atoms. The number of rotatable bonds is 10. The van der Waals surface area contributed by atoms with Crippen molar-refractivity contribution in [2.24, 2.45) is 0 Å². The first-order chi connectivity index (χ1) is 17.3.